The second-order valence-corrected chi connectivity index (χ2v) is 9.64. The van der Waals surface area contributed by atoms with Crippen molar-refractivity contribution in [3.8, 4) is 17.6 Å². The fraction of sp³-hybridized carbons (Fsp3) is 0.500. The van der Waals surface area contributed by atoms with Gasteiger partial charge in [-0.2, -0.15) is 5.26 Å². The van der Waals surface area contributed by atoms with E-state index in [4.69, 9.17) is 15.2 Å². The predicted molar refractivity (Wildman–Crippen MR) is 144 cm³/mol. The van der Waals surface area contributed by atoms with Crippen molar-refractivity contribution in [2.75, 3.05) is 25.6 Å². The zero-order valence-corrected chi connectivity index (χ0v) is 21.7. The standard InChI is InChI=1S/C30H41N3O2/c1-4-5-6-7-8-9-10-11-12-13-20-34-25-17-14-23(15-18-25)29-26-19-16-24(33(2)3)21-28(26)35-30(32)27(29)22-31/h14-19,21,29H,4-13,20,32H2,1-3H3. The smallest absolute Gasteiger partial charge is 0.205 e. The maximum absolute atomic E-state index is 9.78. The van der Waals surface area contributed by atoms with Crippen LogP contribution in [0.15, 0.2) is 53.9 Å². The Kier molecular flexibility index (Phi) is 10.3. The second kappa shape index (κ2) is 13.7. The third-order valence-corrected chi connectivity index (χ3v) is 6.70. The van der Waals surface area contributed by atoms with Crippen LogP contribution in [0.3, 0.4) is 0 Å². The molecule has 2 aromatic rings. The molecule has 0 amide bonds. The van der Waals surface area contributed by atoms with Gasteiger partial charge in [-0.3, -0.25) is 0 Å². The molecule has 0 aromatic heterocycles. The van der Waals surface area contributed by atoms with E-state index in [1.807, 2.05) is 61.5 Å². The Morgan fingerprint density at radius 3 is 2.14 bits per heavy atom. The molecule has 1 heterocycles. The molecule has 5 heteroatoms. The van der Waals surface area contributed by atoms with Crippen LogP contribution in [0.2, 0.25) is 0 Å². The van der Waals surface area contributed by atoms with Gasteiger partial charge in [0.05, 0.1) is 12.5 Å². The van der Waals surface area contributed by atoms with Crippen LogP contribution < -0.4 is 20.1 Å². The highest BCUT2D eigenvalue weighted by atomic mass is 16.5. The Balaban J connectivity index is 1.52. The Morgan fingerprint density at radius 2 is 1.54 bits per heavy atom. The summed E-state index contributed by atoms with van der Waals surface area (Å²) in [6, 6.07) is 16.3. The summed E-state index contributed by atoms with van der Waals surface area (Å²) in [5, 5.41) is 9.78. The maximum Gasteiger partial charge on any atom is 0.205 e. The third-order valence-electron chi connectivity index (χ3n) is 6.70. The average molecular weight is 476 g/mol. The van der Waals surface area contributed by atoms with Crippen molar-refractivity contribution in [1.29, 1.82) is 5.26 Å². The van der Waals surface area contributed by atoms with Gasteiger partial charge in [0.2, 0.25) is 5.88 Å². The minimum atomic E-state index is -0.254. The summed E-state index contributed by atoms with van der Waals surface area (Å²) < 4.78 is 11.8. The van der Waals surface area contributed by atoms with Gasteiger partial charge in [0.25, 0.3) is 0 Å². The van der Waals surface area contributed by atoms with E-state index < -0.39 is 0 Å². The molecule has 0 spiro atoms. The summed E-state index contributed by atoms with van der Waals surface area (Å²) in [5.41, 5.74) is 9.54. The van der Waals surface area contributed by atoms with E-state index in [0.29, 0.717) is 11.3 Å². The zero-order chi connectivity index (χ0) is 25.0. The maximum atomic E-state index is 9.78. The van der Waals surface area contributed by atoms with Crippen molar-refractivity contribution in [3.05, 3.63) is 65.0 Å². The molecule has 0 bridgehead atoms. The van der Waals surface area contributed by atoms with E-state index in [2.05, 4.69) is 13.0 Å². The van der Waals surface area contributed by atoms with Crippen LogP contribution in [0, 0.1) is 11.3 Å². The first-order valence-electron chi connectivity index (χ1n) is 13.2. The lowest BCUT2D eigenvalue weighted by Gasteiger charge is -2.27. The summed E-state index contributed by atoms with van der Waals surface area (Å²) in [5.74, 6) is 1.47. The van der Waals surface area contributed by atoms with Crippen LogP contribution in [0.5, 0.6) is 11.5 Å². The molecule has 0 aliphatic carbocycles. The number of rotatable bonds is 14. The van der Waals surface area contributed by atoms with Crippen LogP contribution in [0.4, 0.5) is 5.69 Å². The molecular formula is C30H41N3O2. The first kappa shape index (κ1) is 26.5. The largest absolute Gasteiger partial charge is 0.494 e. The Morgan fingerprint density at radius 1 is 0.914 bits per heavy atom. The van der Waals surface area contributed by atoms with E-state index in [9.17, 15) is 5.26 Å². The number of unbranched alkanes of at least 4 members (excludes halogenated alkanes) is 9. The van der Waals surface area contributed by atoms with Crippen LogP contribution in [-0.4, -0.2) is 20.7 Å². The van der Waals surface area contributed by atoms with Crippen molar-refractivity contribution in [2.24, 2.45) is 5.73 Å². The summed E-state index contributed by atoms with van der Waals surface area (Å²) in [6.45, 7) is 3.00. The third kappa shape index (κ3) is 7.42. The highest BCUT2D eigenvalue weighted by molar-refractivity contribution is 5.61. The highest BCUT2D eigenvalue weighted by Crippen LogP contribution is 2.43. The topological polar surface area (TPSA) is 71.5 Å². The van der Waals surface area contributed by atoms with Gasteiger partial charge < -0.3 is 20.1 Å². The molecule has 0 radical (unpaired) electrons. The number of ether oxygens (including phenoxy) is 2. The Labute approximate surface area is 211 Å². The van der Waals surface area contributed by atoms with Crippen LogP contribution >= 0.6 is 0 Å². The Hall–Kier alpha value is -3.13. The SMILES string of the molecule is CCCCCCCCCCCCOc1ccc(C2C(C#N)=C(N)Oc3cc(N(C)C)ccc32)cc1. The molecule has 0 saturated heterocycles. The summed E-state index contributed by atoms with van der Waals surface area (Å²) in [6.07, 6.45) is 13.1. The van der Waals surface area contributed by atoms with Gasteiger partial charge >= 0.3 is 0 Å². The Bertz CT molecular complexity index is 1010. The lowest BCUT2D eigenvalue weighted by atomic mass is 9.83. The van der Waals surface area contributed by atoms with E-state index in [0.717, 1.165) is 35.6 Å². The van der Waals surface area contributed by atoms with Crippen molar-refractivity contribution in [2.45, 2.75) is 77.0 Å². The number of fused-ring (bicyclic) bond motifs is 1. The number of allylic oxidation sites excluding steroid dienone is 1. The number of nitriles is 1. The van der Waals surface area contributed by atoms with E-state index >= 15 is 0 Å². The molecule has 1 aliphatic heterocycles. The molecule has 2 N–H and O–H groups in total. The fourth-order valence-corrected chi connectivity index (χ4v) is 4.60. The molecule has 0 fully saturated rings. The minimum Gasteiger partial charge on any atom is -0.494 e. The highest BCUT2D eigenvalue weighted by Gasteiger charge is 2.30. The summed E-state index contributed by atoms with van der Waals surface area (Å²) in [7, 11) is 3.96. The quantitative estimate of drug-likeness (QED) is 0.291. The average Bonchev–Trinajstić information content (AvgIpc) is 2.86. The number of benzene rings is 2. The van der Waals surface area contributed by atoms with Gasteiger partial charge in [-0.15, -0.1) is 0 Å². The number of nitrogens with zero attached hydrogens (tertiary/aromatic N) is 2. The molecular weight excluding hydrogens is 434 g/mol. The molecule has 1 unspecified atom stereocenters. The first-order valence-corrected chi connectivity index (χ1v) is 13.2. The second-order valence-electron chi connectivity index (χ2n) is 9.64. The van der Waals surface area contributed by atoms with Crippen molar-refractivity contribution < 1.29 is 9.47 Å². The predicted octanol–water partition coefficient (Wildman–Crippen LogP) is 7.27. The van der Waals surface area contributed by atoms with Gasteiger partial charge in [-0.05, 0) is 30.2 Å². The monoisotopic (exact) mass is 475 g/mol. The number of anilines is 1. The van der Waals surface area contributed by atoms with E-state index in [-0.39, 0.29) is 11.8 Å². The van der Waals surface area contributed by atoms with Crippen LogP contribution in [0.1, 0.15) is 88.2 Å². The normalized spacial score (nSPS) is 14.7. The van der Waals surface area contributed by atoms with Gasteiger partial charge in [-0.1, -0.05) is 82.9 Å². The zero-order valence-electron chi connectivity index (χ0n) is 21.7. The first-order chi connectivity index (χ1) is 17.0. The van der Waals surface area contributed by atoms with Gasteiger partial charge in [0, 0.05) is 31.4 Å². The molecule has 1 atom stereocenters. The minimum absolute atomic E-state index is 0.169. The molecule has 35 heavy (non-hydrogen) atoms. The van der Waals surface area contributed by atoms with Crippen molar-refractivity contribution in [1.82, 2.24) is 0 Å². The summed E-state index contributed by atoms with van der Waals surface area (Å²) >= 11 is 0. The van der Waals surface area contributed by atoms with E-state index in [1.54, 1.807) is 0 Å². The number of nitrogens with two attached hydrogens (primary N) is 1. The molecule has 3 rings (SSSR count). The van der Waals surface area contributed by atoms with Gasteiger partial charge in [0.1, 0.15) is 23.1 Å². The molecule has 188 valence electrons. The van der Waals surface area contributed by atoms with Crippen LogP contribution in [-0.2, 0) is 0 Å². The van der Waals surface area contributed by atoms with E-state index in [1.165, 1.54) is 57.8 Å². The van der Waals surface area contributed by atoms with Crippen molar-refractivity contribution >= 4 is 5.69 Å². The molecule has 0 saturated carbocycles. The number of hydrogen-bond donors (Lipinski definition) is 1. The number of hydrogen-bond acceptors (Lipinski definition) is 5. The lowest BCUT2D eigenvalue weighted by molar-refractivity contribution is 0.304. The van der Waals surface area contributed by atoms with Gasteiger partial charge in [-0.25, -0.2) is 0 Å². The van der Waals surface area contributed by atoms with Gasteiger partial charge in [0.15, 0.2) is 0 Å². The molecule has 5 nitrogen and oxygen atoms in total. The molecule has 2 aromatic carbocycles. The summed E-state index contributed by atoms with van der Waals surface area (Å²) in [4.78, 5) is 2.01. The molecule has 1 aliphatic rings. The lowest BCUT2D eigenvalue weighted by Crippen LogP contribution is -2.21. The van der Waals surface area contributed by atoms with Crippen LogP contribution in [0.25, 0.3) is 0 Å². The fourth-order valence-electron chi connectivity index (χ4n) is 4.60. The van der Waals surface area contributed by atoms with Crippen molar-refractivity contribution in [3.63, 3.8) is 0 Å².